The molecule has 1 heterocycles. The molecule has 2 amide bonds. The largest absolute Gasteiger partial charge is 0.497 e. The molecule has 0 radical (unpaired) electrons. The Hall–Kier alpha value is -4.78. The van der Waals surface area contributed by atoms with Crippen molar-refractivity contribution in [2.75, 3.05) is 26.9 Å². The molecule has 0 aliphatic carbocycles. The van der Waals surface area contributed by atoms with E-state index in [1.165, 1.54) is 0 Å². The van der Waals surface area contributed by atoms with Crippen molar-refractivity contribution in [2.45, 2.75) is 64.0 Å². The normalized spacial score (nSPS) is 19.9. The Morgan fingerprint density at radius 1 is 0.647 bits per heavy atom. The van der Waals surface area contributed by atoms with Crippen molar-refractivity contribution in [3.63, 3.8) is 0 Å². The number of esters is 1. The molecule has 1 aliphatic heterocycles. The molecule has 4 aromatic carbocycles. The van der Waals surface area contributed by atoms with Crippen LogP contribution in [0.2, 0.25) is 0 Å². The van der Waals surface area contributed by atoms with E-state index >= 15 is 0 Å². The molecule has 51 heavy (non-hydrogen) atoms. The van der Waals surface area contributed by atoms with E-state index in [2.05, 4.69) is 10.6 Å². The van der Waals surface area contributed by atoms with E-state index < -0.39 is 42.6 Å². The molecule has 1 saturated heterocycles. The number of ether oxygens (including phenoxy) is 7. The summed E-state index contributed by atoms with van der Waals surface area (Å²) in [4.78, 5) is 25.2. The predicted molar refractivity (Wildman–Crippen MR) is 190 cm³/mol. The van der Waals surface area contributed by atoms with E-state index in [1.807, 2.05) is 115 Å². The van der Waals surface area contributed by atoms with E-state index in [0.717, 1.165) is 28.0 Å². The molecule has 5 atom stereocenters. The summed E-state index contributed by atoms with van der Waals surface area (Å²) in [6, 6.07) is 36.3. The van der Waals surface area contributed by atoms with Gasteiger partial charge in [0.05, 0.1) is 46.8 Å². The van der Waals surface area contributed by atoms with E-state index in [9.17, 15) is 9.59 Å². The van der Waals surface area contributed by atoms with Crippen LogP contribution in [-0.2, 0) is 59.6 Å². The number of hydrogen-bond donors (Lipinski definition) is 2. The molecular weight excluding hydrogens is 652 g/mol. The molecule has 0 saturated carbocycles. The van der Waals surface area contributed by atoms with Gasteiger partial charge < -0.3 is 43.8 Å². The van der Waals surface area contributed by atoms with Crippen molar-refractivity contribution >= 4 is 12.0 Å². The third-order valence-electron chi connectivity index (χ3n) is 8.17. The van der Waals surface area contributed by atoms with Crippen LogP contribution in [0.15, 0.2) is 115 Å². The van der Waals surface area contributed by atoms with E-state index in [4.69, 9.17) is 33.2 Å². The zero-order valence-electron chi connectivity index (χ0n) is 29.0. The molecule has 0 unspecified atom stereocenters. The Balaban J connectivity index is 1.43. The van der Waals surface area contributed by atoms with Crippen LogP contribution < -0.4 is 15.4 Å². The van der Waals surface area contributed by atoms with Crippen LogP contribution in [0.4, 0.5) is 4.79 Å². The van der Waals surface area contributed by atoms with Crippen molar-refractivity contribution in [2.24, 2.45) is 0 Å². The minimum atomic E-state index is -1.01. The highest BCUT2D eigenvalue weighted by Gasteiger charge is 2.49. The first kappa shape index (κ1) is 37.5. The third-order valence-corrected chi connectivity index (χ3v) is 8.17. The first-order valence-corrected chi connectivity index (χ1v) is 17.0. The van der Waals surface area contributed by atoms with Gasteiger partial charge in [-0.2, -0.15) is 0 Å². The predicted octanol–water partition coefficient (Wildman–Crippen LogP) is 5.56. The molecule has 1 fully saturated rings. The van der Waals surface area contributed by atoms with E-state index in [1.54, 1.807) is 14.0 Å². The van der Waals surface area contributed by atoms with Crippen molar-refractivity contribution in [3.8, 4) is 5.75 Å². The number of nitrogens with one attached hydrogen (secondary N) is 2. The maximum Gasteiger partial charge on any atom is 0.325 e. The summed E-state index contributed by atoms with van der Waals surface area (Å²) >= 11 is 0. The summed E-state index contributed by atoms with van der Waals surface area (Å²) in [5.74, 6) is 0.191. The Morgan fingerprint density at radius 3 is 1.69 bits per heavy atom. The monoisotopic (exact) mass is 698 g/mol. The van der Waals surface area contributed by atoms with E-state index in [-0.39, 0.29) is 39.6 Å². The first-order chi connectivity index (χ1) is 25.0. The number of hydrogen-bond acceptors (Lipinski definition) is 9. The smallest absolute Gasteiger partial charge is 0.325 e. The maximum atomic E-state index is 13.2. The molecule has 5 rings (SSSR count). The molecule has 0 spiro atoms. The second-order valence-electron chi connectivity index (χ2n) is 11.9. The van der Waals surface area contributed by atoms with Gasteiger partial charge in [0.15, 0.2) is 6.23 Å². The minimum absolute atomic E-state index is 0.116. The maximum absolute atomic E-state index is 13.2. The standard InChI is InChI=1S/C40H46N2O9/c1-3-47-35(43)23-41-40(44)42-39-38(50-27-31-17-11-6-12-18-31)37(49-26-30-15-9-5-10-16-30)36(48-25-29-13-7-4-8-14-29)34(51-39)28-46-24-32-19-21-33(45-2)22-20-32/h4-22,34,36-39H,3,23-28H2,1-2H3,(H2,41,42,44)/t34-,36-,37+,38-,39-/m1/s1. The van der Waals surface area contributed by atoms with Gasteiger partial charge in [0.1, 0.15) is 36.7 Å². The number of carbonyl (C=O) groups is 2. The Bertz CT molecular complexity index is 1590. The van der Waals surface area contributed by atoms with Gasteiger partial charge in [-0.05, 0) is 41.3 Å². The second kappa shape index (κ2) is 20.2. The summed E-state index contributed by atoms with van der Waals surface area (Å²) in [5.41, 5.74) is 3.80. The lowest BCUT2D eigenvalue weighted by Gasteiger charge is -2.46. The first-order valence-electron chi connectivity index (χ1n) is 17.0. The van der Waals surface area contributed by atoms with Crippen LogP contribution in [0.5, 0.6) is 5.75 Å². The van der Waals surface area contributed by atoms with Crippen LogP contribution in [0.1, 0.15) is 29.2 Å². The fourth-order valence-corrected chi connectivity index (χ4v) is 5.60. The fourth-order valence-electron chi connectivity index (χ4n) is 5.60. The summed E-state index contributed by atoms with van der Waals surface area (Å²) in [6.07, 6.45) is -3.94. The highest BCUT2D eigenvalue weighted by molar-refractivity contribution is 5.80. The number of amides is 2. The van der Waals surface area contributed by atoms with Crippen molar-refractivity contribution in [3.05, 3.63) is 138 Å². The van der Waals surface area contributed by atoms with Gasteiger partial charge in [-0.3, -0.25) is 4.79 Å². The third kappa shape index (κ3) is 11.9. The number of rotatable bonds is 18. The lowest BCUT2D eigenvalue weighted by atomic mass is 9.97. The van der Waals surface area contributed by atoms with Gasteiger partial charge in [0, 0.05) is 0 Å². The second-order valence-corrected chi connectivity index (χ2v) is 11.9. The average Bonchev–Trinajstić information content (AvgIpc) is 3.17. The number of urea groups is 1. The fraction of sp³-hybridized carbons (Fsp3) is 0.350. The van der Waals surface area contributed by atoms with Crippen LogP contribution in [0, 0.1) is 0 Å². The molecular formula is C40H46N2O9. The number of methoxy groups -OCH3 is 1. The molecule has 11 heteroatoms. The van der Waals surface area contributed by atoms with Gasteiger partial charge in [-0.1, -0.05) is 103 Å². The Labute approximate surface area is 299 Å². The quantitative estimate of drug-likeness (QED) is 0.129. The average molecular weight is 699 g/mol. The molecule has 2 N–H and O–H groups in total. The van der Waals surface area contributed by atoms with Crippen molar-refractivity contribution < 1.29 is 42.7 Å². The molecule has 0 aromatic heterocycles. The molecule has 270 valence electrons. The highest BCUT2D eigenvalue weighted by atomic mass is 16.6. The Kier molecular flexibility index (Phi) is 14.8. The number of benzene rings is 4. The van der Waals surface area contributed by atoms with Crippen LogP contribution in [-0.4, -0.2) is 69.5 Å². The minimum Gasteiger partial charge on any atom is -0.497 e. The summed E-state index contributed by atoms with van der Waals surface area (Å²) in [6.45, 7) is 2.75. The molecule has 4 aromatic rings. The van der Waals surface area contributed by atoms with E-state index in [0.29, 0.717) is 6.61 Å². The van der Waals surface area contributed by atoms with Crippen LogP contribution >= 0.6 is 0 Å². The Morgan fingerprint density at radius 2 is 1.16 bits per heavy atom. The van der Waals surface area contributed by atoms with Crippen molar-refractivity contribution in [1.82, 2.24) is 10.6 Å². The SMILES string of the molecule is CCOC(=O)CNC(=O)N[C@@H]1O[C@H](COCc2ccc(OC)cc2)[C@@H](OCc2ccccc2)[C@H](OCc2ccccc2)[C@H]1OCc1ccccc1. The lowest BCUT2D eigenvalue weighted by Crippen LogP contribution is -2.66. The van der Waals surface area contributed by atoms with Crippen LogP contribution in [0.3, 0.4) is 0 Å². The molecule has 1 aliphatic rings. The van der Waals surface area contributed by atoms with Gasteiger partial charge in [0.25, 0.3) is 0 Å². The van der Waals surface area contributed by atoms with Crippen molar-refractivity contribution in [1.29, 1.82) is 0 Å². The topological polar surface area (TPSA) is 123 Å². The van der Waals surface area contributed by atoms with Gasteiger partial charge in [-0.15, -0.1) is 0 Å². The van der Waals surface area contributed by atoms with Crippen LogP contribution in [0.25, 0.3) is 0 Å². The zero-order valence-corrected chi connectivity index (χ0v) is 29.0. The summed E-state index contributed by atoms with van der Waals surface area (Å²) in [7, 11) is 1.62. The summed E-state index contributed by atoms with van der Waals surface area (Å²) < 4.78 is 43.0. The summed E-state index contributed by atoms with van der Waals surface area (Å²) in [5, 5.41) is 5.42. The van der Waals surface area contributed by atoms with Gasteiger partial charge >= 0.3 is 12.0 Å². The molecule has 11 nitrogen and oxygen atoms in total. The zero-order chi connectivity index (χ0) is 35.7. The molecule has 0 bridgehead atoms. The highest BCUT2D eigenvalue weighted by Crippen LogP contribution is 2.30. The number of carbonyl (C=O) groups excluding carboxylic acids is 2. The van der Waals surface area contributed by atoms with Gasteiger partial charge in [0.2, 0.25) is 0 Å². The van der Waals surface area contributed by atoms with Gasteiger partial charge in [-0.25, -0.2) is 4.79 Å². The lowest BCUT2D eigenvalue weighted by molar-refractivity contribution is -0.275.